The molecule has 3 rings (SSSR count). The Morgan fingerprint density at radius 1 is 1.10 bits per heavy atom. The molecule has 0 aliphatic carbocycles. The maximum Gasteiger partial charge on any atom is 0.341 e. The van der Waals surface area contributed by atoms with Crippen molar-refractivity contribution < 1.29 is 31.2 Å². The Bertz CT molecular complexity index is 991. The van der Waals surface area contributed by atoms with Gasteiger partial charge in [-0.1, -0.05) is 0 Å². The Labute approximate surface area is 164 Å². The van der Waals surface area contributed by atoms with Gasteiger partial charge < -0.3 is 9.64 Å². The Hall–Kier alpha value is -2.82. The number of rotatable bonds is 6. The number of hydrogen-bond donors (Lipinski definition) is 0. The van der Waals surface area contributed by atoms with Gasteiger partial charge >= 0.3 is 5.76 Å². The predicted octanol–water partition coefficient (Wildman–Crippen LogP) is 3.78. The minimum absolute atomic E-state index is 0.156. The molecule has 0 saturated carbocycles. The van der Waals surface area contributed by atoms with Crippen molar-refractivity contribution in [3.63, 3.8) is 0 Å². The molecule has 2 aromatic rings. The van der Waals surface area contributed by atoms with Crippen LogP contribution in [-0.4, -0.2) is 38.3 Å². The lowest BCUT2D eigenvalue weighted by atomic mass is 10.1. The van der Waals surface area contributed by atoms with Crippen LogP contribution in [0.2, 0.25) is 0 Å². The van der Waals surface area contributed by atoms with Crippen LogP contribution < -0.4 is 9.64 Å². The molecule has 0 atom stereocenters. The van der Waals surface area contributed by atoms with Gasteiger partial charge in [-0.05, 0) is 36.4 Å². The first kappa shape index (κ1) is 20.9. The second-order valence-electron chi connectivity index (χ2n) is 6.47. The molecular formula is C18H17F3N2O5S. The van der Waals surface area contributed by atoms with E-state index in [0.29, 0.717) is 37.7 Å². The number of sulfone groups is 1. The highest BCUT2D eigenvalue weighted by Gasteiger charge is 2.31. The standard InChI is InChI=1S/C18H17F3N2O5S/c19-12-1-3-13(4-2-12)28-14-7-9-22(10-8-14)16-6-5-15(11-17(16)23(24)25)29(26,27)18(20)21/h1-6,11,14,18H,7-10H2. The van der Waals surface area contributed by atoms with Gasteiger partial charge in [0.25, 0.3) is 5.69 Å². The average Bonchev–Trinajstić information content (AvgIpc) is 2.69. The van der Waals surface area contributed by atoms with Gasteiger partial charge in [0, 0.05) is 32.0 Å². The summed E-state index contributed by atoms with van der Waals surface area (Å²) in [5, 5.41) is 11.4. The van der Waals surface area contributed by atoms with E-state index in [4.69, 9.17) is 4.74 Å². The molecule has 29 heavy (non-hydrogen) atoms. The van der Waals surface area contributed by atoms with Crippen molar-refractivity contribution in [2.45, 2.75) is 29.6 Å². The van der Waals surface area contributed by atoms with Crippen LogP contribution >= 0.6 is 0 Å². The molecule has 7 nitrogen and oxygen atoms in total. The largest absolute Gasteiger partial charge is 0.490 e. The molecule has 1 saturated heterocycles. The van der Waals surface area contributed by atoms with Crippen molar-refractivity contribution in [2.24, 2.45) is 0 Å². The van der Waals surface area contributed by atoms with Crippen LogP contribution in [0.3, 0.4) is 0 Å². The summed E-state index contributed by atoms with van der Waals surface area (Å²) in [6, 6.07) is 8.37. The van der Waals surface area contributed by atoms with Crippen LogP contribution in [0.1, 0.15) is 12.8 Å². The zero-order valence-electron chi connectivity index (χ0n) is 15.0. The number of nitro benzene ring substituents is 1. The topological polar surface area (TPSA) is 89.8 Å². The van der Waals surface area contributed by atoms with E-state index < -0.39 is 31.1 Å². The van der Waals surface area contributed by atoms with Gasteiger partial charge in [-0.3, -0.25) is 10.1 Å². The van der Waals surface area contributed by atoms with Gasteiger partial charge in [0.1, 0.15) is 23.4 Å². The summed E-state index contributed by atoms with van der Waals surface area (Å²) in [4.78, 5) is 11.5. The van der Waals surface area contributed by atoms with E-state index in [-0.39, 0.29) is 17.6 Å². The first-order valence-electron chi connectivity index (χ1n) is 8.66. The molecule has 1 aliphatic heterocycles. The number of benzene rings is 2. The smallest absolute Gasteiger partial charge is 0.341 e. The number of nitrogens with zero attached hydrogens (tertiary/aromatic N) is 2. The first-order valence-corrected chi connectivity index (χ1v) is 10.2. The molecule has 2 aromatic carbocycles. The lowest BCUT2D eigenvalue weighted by molar-refractivity contribution is -0.384. The monoisotopic (exact) mass is 430 g/mol. The molecule has 0 amide bonds. The van der Waals surface area contributed by atoms with Gasteiger partial charge in [0.2, 0.25) is 9.84 Å². The molecular weight excluding hydrogens is 413 g/mol. The number of anilines is 1. The fourth-order valence-electron chi connectivity index (χ4n) is 3.12. The van der Waals surface area contributed by atoms with Crippen LogP contribution in [-0.2, 0) is 9.84 Å². The summed E-state index contributed by atoms with van der Waals surface area (Å²) in [7, 11) is -4.93. The van der Waals surface area contributed by atoms with Crippen molar-refractivity contribution in [1.82, 2.24) is 0 Å². The van der Waals surface area contributed by atoms with E-state index in [2.05, 4.69) is 0 Å². The SMILES string of the molecule is O=[N+]([O-])c1cc(S(=O)(=O)C(F)F)ccc1N1CCC(Oc2ccc(F)cc2)CC1. The summed E-state index contributed by atoms with van der Waals surface area (Å²) >= 11 is 0. The molecule has 1 heterocycles. The number of hydrogen-bond acceptors (Lipinski definition) is 6. The maximum absolute atomic E-state index is 13.0. The molecule has 0 unspecified atom stereocenters. The number of ether oxygens (including phenoxy) is 1. The molecule has 0 aromatic heterocycles. The van der Waals surface area contributed by atoms with Gasteiger partial charge in [-0.15, -0.1) is 0 Å². The van der Waals surface area contributed by atoms with Crippen LogP contribution in [0.5, 0.6) is 5.75 Å². The quantitative estimate of drug-likeness (QED) is 0.512. The minimum atomic E-state index is -4.93. The van der Waals surface area contributed by atoms with Crippen LogP contribution in [0.4, 0.5) is 24.5 Å². The first-order chi connectivity index (χ1) is 13.7. The Kier molecular flexibility index (Phi) is 5.96. The molecule has 1 fully saturated rings. The summed E-state index contributed by atoms with van der Waals surface area (Å²) in [5.41, 5.74) is -0.395. The van der Waals surface area contributed by atoms with Gasteiger partial charge in [0.05, 0.1) is 9.82 Å². The van der Waals surface area contributed by atoms with Crippen molar-refractivity contribution in [1.29, 1.82) is 0 Å². The Morgan fingerprint density at radius 3 is 2.28 bits per heavy atom. The molecule has 0 N–H and O–H groups in total. The maximum atomic E-state index is 13.0. The second kappa shape index (κ2) is 8.27. The van der Waals surface area contributed by atoms with Gasteiger partial charge in [0.15, 0.2) is 0 Å². The van der Waals surface area contributed by atoms with Crippen LogP contribution in [0.15, 0.2) is 47.4 Å². The van der Waals surface area contributed by atoms with E-state index in [1.807, 2.05) is 0 Å². The summed E-state index contributed by atoms with van der Waals surface area (Å²) in [6.07, 6.45) is 0.867. The van der Waals surface area contributed by atoms with Gasteiger partial charge in [-0.25, -0.2) is 12.8 Å². The third-order valence-electron chi connectivity index (χ3n) is 4.61. The molecule has 0 bridgehead atoms. The zero-order chi connectivity index (χ0) is 21.2. The number of halogens is 3. The van der Waals surface area contributed by atoms with E-state index >= 15 is 0 Å². The Balaban J connectivity index is 1.74. The summed E-state index contributed by atoms with van der Waals surface area (Å²) < 4.78 is 67.4. The summed E-state index contributed by atoms with van der Waals surface area (Å²) in [6.45, 7) is 0.765. The highest BCUT2D eigenvalue weighted by Crippen LogP contribution is 2.34. The Morgan fingerprint density at radius 2 is 1.72 bits per heavy atom. The van der Waals surface area contributed by atoms with E-state index in [1.54, 1.807) is 4.90 Å². The van der Waals surface area contributed by atoms with Crippen molar-refractivity contribution in [3.05, 3.63) is 58.4 Å². The number of nitro groups is 1. The average molecular weight is 430 g/mol. The summed E-state index contributed by atoms with van der Waals surface area (Å²) in [5.74, 6) is -3.53. The van der Waals surface area contributed by atoms with Crippen molar-refractivity contribution >= 4 is 21.2 Å². The third kappa shape index (κ3) is 4.61. The van der Waals surface area contributed by atoms with Crippen LogP contribution in [0, 0.1) is 15.9 Å². The highest BCUT2D eigenvalue weighted by atomic mass is 32.2. The van der Waals surface area contributed by atoms with E-state index in [1.165, 1.54) is 30.3 Å². The van der Waals surface area contributed by atoms with E-state index in [9.17, 15) is 31.7 Å². The normalized spacial score (nSPS) is 15.5. The lowest BCUT2D eigenvalue weighted by Gasteiger charge is -2.33. The molecule has 0 spiro atoms. The molecule has 1 aliphatic rings. The fraction of sp³-hybridized carbons (Fsp3) is 0.333. The predicted molar refractivity (Wildman–Crippen MR) is 98.5 cm³/mol. The zero-order valence-corrected chi connectivity index (χ0v) is 15.8. The van der Waals surface area contributed by atoms with Crippen LogP contribution in [0.25, 0.3) is 0 Å². The lowest BCUT2D eigenvalue weighted by Crippen LogP contribution is -2.38. The van der Waals surface area contributed by atoms with E-state index in [0.717, 1.165) is 6.07 Å². The molecule has 0 radical (unpaired) electrons. The highest BCUT2D eigenvalue weighted by molar-refractivity contribution is 7.91. The third-order valence-corrected chi connectivity index (χ3v) is 5.99. The van der Waals surface area contributed by atoms with Gasteiger partial charge in [-0.2, -0.15) is 8.78 Å². The fourth-order valence-corrected chi connectivity index (χ4v) is 3.86. The molecule has 11 heteroatoms. The van der Waals surface area contributed by atoms with Crippen molar-refractivity contribution in [2.75, 3.05) is 18.0 Å². The number of piperidine rings is 1. The molecule has 156 valence electrons. The minimum Gasteiger partial charge on any atom is -0.490 e. The second-order valence-corrected chi connectivity index (χ2v) is 8.39. The number of alkyl halides is 2. The van der Waals surface area contributed by atoms with Crippen molar-refractivity contribution in [3.8, 4) is 5.75 Å².